The van der Waals surface area contributed by atoms with Gasteiger partial charge >= 0.3 is 0 Å². The highest BCUT2D eigenvalue weighted by atomic mass is 32.2. The highest BCUT2D eigenvalue weighted by Crippen LogP contribution is 2.62. The van der Waals surface area contributed by atoms with Gasteiger partial charge < -0.3 is 10.2 Å². The molecule has 4 saturated carbocycles. The molecule has 0 radical (unpaired) electrons. The van der Waals surface area contributed by atoms with Crippen molar-refractivity contribution in [3.05, 3.63) is 81.7 Å². The molecule has 4 bridgehead atoms. The second-order valence-corrected chi connectivity index (χ2v) is 20.2. The Kier molecular flexibility index (Phi) is 9.54. The Balaban J connectivity index is 1.28. The minimum absolute atomic E-state index is 0.0327. The Morgan fingerprint density at radius 2 is 1.80 bits per heavy atom. The number of benzene rings is 2. The second-order valence-electron chi connectivity index (χ2n) is 17.2. The maximum absolute atomic E-state index is 14.5. The van der Waals surface area contributed by atoms with Crippen molar-refractivity contribution < 1.29 is 23.4 Å². The van der Waals surface area contributed by atoms with Crippen molar-refractivity contribution in [1.29, 1.82) is 0 Å². The number of fused-ring (bicyclic) bond motifs is 11. The van der Waals surface area contributed by atoms with Gasteiger partial charge in [-0.05, 0) is 135 Å². The molecule has 0 amide bonds. The number of aliphatic hydroxyl groups is 2. The van der Waals surface area contributed by atoms with Gasteiger partial charge in [-0.25, -0.2) is 8.42 Å². The Morgan fingerprint density at radius 3 is 2.52 bits per heavy atom. The van der Waals surface area contributed by atoms with Crippen LogP contribution in [0.2, 0.25) is 0 Å². The average molecular weight is 718 g/mol. The summed E-state index contributed by atoms with van der Waals surface area (Å²) in [7, 11) is -3.60. The standard InChI is InChI=1S/C42H55NO5S2/c1-27-9-8-19-41(4)35(18-20-42(41,46)26-43(50(5,47)48)25-30-14-15-31-24-36(30)40(31,2)3)33-17-13-28(21-32(44)16-12-27)22-34(33)39(45)38-23-29-10-6-7-11-37(29)49-38/h6-7,9-11,13,17,22-23,30-32,35-36,44,46H,8,12,14-16,18-21,24-26H2,1-5H3/t30-,31-,32-,35-,36-,41-,42+/m0/s1. The molecule has 6 nitrogen and oxygen atoms in total. The van der Waals surface area contributed by atoms with Gasteiger partial charge in [-0.2, -0.15) is 4.31 Å². The van der Waals surface area contributed by atoms with Gasteiger partial charge in [0.1, 0.15) is 0 Å². The molecular weight excluding hydrogens is 663 g/mol. The molecule has 7 atom stereocenters. The van der Waals surface area contributed by atoms with Crippen molar-refractivity contribution in [3.8, 4) is 0 Å². The van der Waals surface area contributed by atoms with Crippen LogP contribution in [0.25, 0.3) is 10.1 Å². The summed E-state index contributed by atoms with van der Waals surface area (Å²) in [5, 5.41) is 25.0. The Labute approximate surface area is 303 Å². The van der Waals surface area contributed by atoms with Gasteiger partial charge in [0.2, 0.25) is 15.8 Å². The van der Waals surface area contributed by atoms with Crippen LogP contribution in [0.15, 0.2) is 60.2 Å². The Bertz CT molecular complexity index is 1880. The zero-order valence-corrected chi connectivity index (χ0v) is 32.1. The summed E-state index contributed by atoms with van der Waals surface area (Å²) in [5.41, 5.74) is 1.96. The molecule has 50 heavy (non-hydrogen) atoms. The molecule has 2 N–H and O–H groups in total. The summed E-state index contributed by atoms with van der Waals surface area (Å²) < 4.78 is 29.8. The van der Waals surface area contributed by atoms with Gasteiger partial charge in [0.25, 0.3) is 0 Å². The fraction of sp³-hybridized carbons (Fsp3) is 0.595. The van der Waals surface area contributed by atoms with Crippen LogP contribution in [0.3, 0.4) is 0 Å². The molecule has 270 valence electrons. The molecule has 0 aliphatic heterocycles. The van der Waals surface area contributed by atoms with Crippen molar-refractivity contribution in [2.24, 2.45) is 28.6 Å². The van der Waals surface area contributed by atoms with E-state index < -0.39 is 27.1 Å². The van der Waals surface area contributed by atoms with Crippen LogP contribution in [0.5, 0.6) is 0 Å². The van der Waals surface area contributed by atoms with Crippen LogP contribution in [0.1, 0.15) is 118 Å². The molecule has 1 heterocycles. The number of aliphatic hydroxyl groups excluding tert-OH is 1. The molecule has 4 fully saturated rings. The quantitative estimate of drug-likeness (QED) is 0.189. The van der Waals surface area contributed by atoms with Crippen LogP contribution in [0, 0.1) is 28.6 Å². The molecule has 6 aliphatic carbocycles. The summed E-state index contributed by atoms with van der Waals surface area (Å²) >= 11 is 1.50. The van der Waals surface area contributed by atoms with Crippen molar-refractivity contribution in [2.45, 2.75) is 110 Å². The number of hydrogen-bond donors (Lipinski definition) is 2. The van der Waals surface area contributed by atoms with E-state index in [0.717, 1.165) is 52.8 Å². The van der Waals surface area contributed by atoms with Crippen LogP contribution >= 0.6 is 11.3 Å². The lowest BCUT2D eigenvalue weighted by Gasteiger charge is -2.60. The number of sulfonamides is 1. The smallest absolute Gasteiger partial charge is 0.211 e. The number of nitrogens with zero attached hydrogens (tertiary/aromatic N) is 1. The van der Waals surface area contributed by atoms with E-state index >= 15 is 0 Å². The lowest BCUT2D eigenvalue weighted by molar-refractivity contribution is -0.114. The Hall–Kier alpha value is -2.36. The van der Waals surface area contributed by atoms with Crippen molar-refractivity contribution in [3.63, 3.8) is 0 Å². The maximum Gasteiger partial charge on any atom is 0.211 e. The molecular formula is C42H55NO5S2. The number of rotatable bonds is 7. The molecule has 9 rings (SSSR count). The minimum Gasteiger partial charge on any atom is -0.393 e. The highest BCUT2D eigenvalue weighted by molar-refractivity contribution is 7.88. The molecule has 0 saturated heterocycles. The van der Waals surface area contributed by atoms with Crippen LogP contribution < -0.4 is 0 Å². The highest BCUT2D eigenvalue weighted by Gasteiger charge is 2.59. The largest absolute Gasteiger partial charge is 0.393 e. The number of carbonyl (C=O) groups excluding carboxylic acids is 1. The summed E-state index contributed by atoms with van der Waals surface area (Å²) in [6.45, 7) is 9.45. The summed E-state index contributed by atoms with van der Waals surface area (Å²) in [4.78, 5) is 15.2. The van der Waals surface area contributed by atoms with Gasteiger partial charge in [-0.15, -0.1) is 11.3 Å². The van der Waals surface area contributed by atoms with Crippen LogP contribution in [0.4, 0.5) is 0 Å². The zero-order chi connectivity index (χ0) is 35.6. The predicted molar refractivity (Wildman–Crippen MR) is 203 cm³/mol. The number of hydrogen-bond acceptors (Lipinski definition) is 6. The lowest BCUT2D eigenvalue weighted by atomic mass is 9.45. The first-order chi connectivity index (χ1) is 23.6. The van der Waals surface area contributed by atoms with Gasteiger partial charge in [-0.3, -0.25) is 4.79 Å². The van der Waals surface area contributed by atoms with Crippen molar-refractivity contribution >= 4 is 37.2 Å². The summed E-state index contributed by atoms with van der Waals surface area (Å²) in [6.07, 6.45) is 10.8. The molecule has 3 aromatic rings. The SMILES string of the molecule is CC1=CCC[C@@]2(C)[C@@H](CC[C@@]2(O)CN(C[C@@H]2CC[C@H]3C[C@@H]2C3(C)C)S(C)(=O)=O)c2ccc(cc2C(=O)c2cc3ccccc3s2)C[C@@H](O)CC1. The van der Waals surface area contributed by atoms with Crippen LogP contribution in [-0.4, -0.2) is 59.8 Å². The van der Waals surface area contributed by atoms with E-state index in [2.05, 4.69) is 39.8 Å². The average Bonchev–Trinajstić information content (AvgIpc) is 3.61. The molecule has 2 aromatic carbocycles. The van der Waals surface area contributed by atoms with E-state index in [1.165, 1.54) is 29.6 Å². The van der Waals surface area contributed by atoms with Gasteiger partial charge in [-0.1, -0.05) is 62.8 Å². The molecule has 6 aliphatic rings. The fourth-order valence-electron chi connectivity index (χ4n) is 10.5. The van der Waals surface area contributed by atoms with Crippen molar-refractivity contribution in [1.82, 2.24) is 4.31 Å². The van der Waals surface area contributed by atoms with Gasteiger partial charge in [0.15, 0.2) is 0 Å². The first-order valence-corrected chi connectivity index (χ1v) is 21.4. The molecule has 8 heteroatoms. The molecule has 1 aromatic heterocycles. The van der Waals surface area contributed by atoms with E-state index in [4.69, 9.17) is 0 Å². The predicted octanol–water partition coefficient (Wildman–Crippen LogP) is 8.50. The zero-order valence-electron chi connectivity index (χ0n) is 30.5. The number of carbonyl (C=O) groups is 1. The summed E-state index contributed by atoms with van der Waals surface area (Å²) in [5.74, 6) is 1.35. The van der Waals surface area contributed by atoms with E-state index in [0.29, 0.717) is 60.9 Å². The van der Waals surface area contributed by atoms with Crippen molar-refractivity contribution in [2.75, 3.05) is 19.3 Å². The number of allylic oxidation sites excluding steroid dienone is 2. The minimum atomic E-state index is -3.60. The van der Waals surface area contributed by atoms with E-state index in [1.54, 1.807) is 4.31 Å². The topological polar surface area (TPSA) is 94.9 Å². The third kappa shape index (κ3) is 6.46. The third-order valence-corrected chi connectivity index (χ3v) is 16.2. The maximum atomic E-state index is 14.5. The third-order valence-electron chi connectivity index (χ3n) is 13.9. The monoisotopic (exact) mass is 717 g/mol. The number of thiophene rings is 1. The molecule has 0 unspecified atom stereocenters. The van der Waals surface area contributed by atoms with Gasteiger partial charge in [0, 0.05) is 28.8 Å². The second kappa shape index (κ2) is 13.2. The van der Waals surface area contributed by atoms with Crippen LogP contribution in [-0.2, 0) is 16.4 Å². The van der Waals surface area contributed by atoms with E-state index in [1.807, 2.05) is 42.5 Å². The number of ketones is 1. The summed E-state index contributed by atoms with van der Waals surface area (Å²) in [6, 6.07) is 16.1. The van der Waals surface area contributed by atoms with E-state index in [9.17, 15) is 23.4 Å². The normalized spacial score (nSPS) is 32.7. The fourth-order valence-corrected chi connectivity index (χ4v) is 12.4. The molecule has 0 spiro atoms. The first kappa shape index (κ1) is 36.0. The first-order valence-electron chi connectivity index (χ1n) is 18.8. The van der Waals surface area contributed by atoms with Gasteiger partial charge in [0.05, 0.1) is 22.8 Å². The lowest BCUT2D eigenvalue weighted by Crippen LogP contribution is -2.58. The Morgan fingerprint density at radius 1 is 1.02 bits per heavy atom. The van der Waals surface area contributed by atoms with E-state index in [-0.39, 0.29) is 23.7 Å².